The Morgan fingerprint density at radius 3 is 2.06 bits per heavy atom. The van der Waals surface area contributed by atoms with Gasteiger partial charge in [-0.1, -0.05) is 19.8 Å². The first kappa shape index (κ1) is 14.3. The highest BCUT2D eigenvalue weighted by molar-refractivity contribution is 4.91. The first-order valence-corrected chi connectivity index (χ1v) is 8.16. The molecule has 2 nitrogen and oxygen atoms in total. The molecular weight excluding hydrogens is 220 g/mol. The van der Waals surface area contributed by atoms with Crippen molar-refractivity contribution in [1.82, 2.24) is 10.2 Å². The van der Waals surface area contributed by atoms with Crippen molar-refractivity contribution in [2.24, 2.45) is 11.8 Å². The van der Waals surface area contributed by atoms with E-state index in [9.17, 15) is 0 Å². The second-order valence-corrected chi connectivity index (χ2v) is 6.60. The van der Waals surface area contributed by atoms with Gasteiger partial charge in [0.1, 0.15) is 0 Å². The molecule has 0 aromatic carbocycles. The smallest absolute Gasteiger partial charge is 0.0124 e. The summed E-state index contributed by atoms with van der Waals surface area (Å²) in [6.45, 7) is 6.99. The Hall–Kier alpha value is -0.0800. The first-order chi connectivity index (χ1) is 8.72. The highest BCUT2D eigenvalue weighted by Gasteiger charge is 2.35. The van der Waals surface area contributed by atoms with Crippen molar-refractivity contribution >= 4 is 0 Å². The van der Waals surface area contributed by atoms with Gasteiger partial charge in [0.15, 0.2) is 0 Å². The summed E-state index contributed by atoms with van der Waals surface area (Å²) < 4.78 is 0. The van der Waals surface area contributed by atoms with Crippen molar-refractivity contribution in [2.75, 3.05) is 20.1 Å². The third-order valence-corrected chi connectivity index (χ3v) is 5.50. The predicted octanol–water partition coefficient (Wildman–Crippen LogP) is 3.28. The van der Waals surface area contributed by atoms with Crippen LogP contribution in [0.1, 0.15) is 58.8 Å². The average molecular weight is 252 g/mol. The molecule has 0 bridgehead atoms. The Bertz CT molecular complexity index is 219. The molecule has 1 N–H and O–H groups in total. The zero-order valence-electron chi connectivity index (χ0n) is 12.6. The van der Waals surface area contributed by atoms with Gasteiger partial charge in [-0.25, -0.2) is 0 Å². The Morgan fingerprint density at radius 1 is 1.11 bits per heavy atom. The molecule has 0 amide bonds. The molecule has 1 atom stereocenters. The molecule has 0 saturated heterocycles. The second-order valence-electron chi connectivity index (χ2n) is 6.60. The van der Waals surface area contributed by atoms with Gasteiger partial charge in [0.2, 0.25) is 0 Å². The van der Waals surface area contributed by atoms with E-state index < -0.39 is 0 Å². The highest BCUT2D eigenvalue weighted by Crippen LogP contribution is 2.39. The summed E-state index contributed by atoms with van der Waals surface area (Å²) in [7, 11) is 2.26. The first-order valence-electron chi connectivity index (χ1n) is 8.16. The van der Waals surface area contributed by atoms with Crippen molar-refractivity contribution in [1.29, 1.82) is 0 Å². The standard InChI is InChI=1S/C16H32N2/c1-4-13(2)18(3)12-11-17-16(14-7-5-8-14)15-9-6-10-15/h13-17H,4-12H2,1-3H3. The predicted molar refractivity (Wildman–Crippen MR) is 78.9 cm³/mol. The zero-order valence-corrected chi connectivity index (χ0v) is 12.6. The van der Waals surface area contributed by atoms with Crippen LogP contribution in [0, 0.1) is 11.8 Å². The van der Waals surface area contributed by atoms with Gasteiger partial charge in [-0.2, -0.15) is 0 Å². The van der Waals surface area contributed by atoms with E-state index in [0.29, 0.717) is 0 Å². The molecule has 2 aliphatic rings. The van der Waals surface area contributed by atoms with E-state index in [4.69, 9.17) is 0 Å². The lowest BCUT2D eigenvalue weighted by atomic mass is 9.68. The van der Waals surface area contributed by atoms with Crippen LogP contribution in [0.3, 0.4) is 0 Å². The van der Waals surface area contributed by atoms with Gasteiger partial charge < -0.3 is 10.2 Å². The lowest BCUT2D eigenvalue weighted by Crippen LogP contribution is -2.49. The Labute approximate surface area is 114 Å². The fourth-order valence-corrected chi connectivity index (χ4v) is 3.26. The van der Waals surface area contributed by atoms with Gasteiger partial charge in [0.25, 0.3) is 0 Å². The molecule has 2 heteroatoms. The van der Waals surface area contributed by atoms with Crippen molar-refractivity contribution in [3.8, 4) is 0 Å². The molecule has 1 unspecified atom stereocenters. The summed E-state index contributed by atoms with van der Waals surface area (Å²) >= 11 is 0. The Morgan fingerprint density at radius 2 is 1.67 bits per heavy atom. The van der Waals surface area contributed by atoms with Gasteiger partial charge in [0.05, 0.1) is 0 Å². The molecule has 0 heterocycles. The molecule has 2 fully saturated rings. The third kappa shape index (κ3) is 3.48. The van der Waals surface area contributed by atoms with Crippen LogP contribution in [-0.2, 0) is 0 Å². The summed E-state index contributed by atoms with van der Waals surface area (Å²) in [5.74, 6) is 2.01. The molecule has 2 saturated carbocycles. The molecule has 18 heavy (non-hydrogen) atoms. The quantitative estimate of drug-likeness (QED) is 0.713. The largest absolute Gasteiger partial charge is 0.312 e. The molecule has 0 spiro atoms. The summed E-state index contributed by atoms with van der Waals surface area (Å²) in [6.07, 6.45) is 10.1. The van der Waals surface area contributed by atoms with Crippen molar-refractivity contribution < 1.29 is 0 Å². The van der Waals surface area contributed by atoms with Crippen LogP contribution in [0.2, 0.25) is 0 Å². The van der Waals surface area contributed by atoms with Crippen LogP contribution in [0.4, 0.5) is 0 Å². The zero-order chi connectivity index (χ0) is 13.0. The monoisotopic (exact) mass is 252 g/mol. The topological polar surface area (TPSA) is 15.3 Å². The summed E-state index contributed by atoms with van der Waals surface area (Å²) in [6, 6.07) is 1.57. The van der Waals surface area contributed by atoms with Gasteiger partial charge >= 0.3 is 0 Å². The second kappa shape index (κ2) is 6.91. The number of nitrogens with zero attached hydrogens (tertiary/aromatic N) is 1. The normalized spacial score (nSPS) is 23.2. The molecule has 0 radical (unpaired) electrons. The maximum absolute atomic E-state index is 3.89. The lowest BCUT2D eigenvalue weighted by Gasteiger charge is -2.43. The minimum absolute atomic E-state index is 0.720. The van der Waals surface area contributed by atoms with Crippen molar-refractivity contribution in [2.45, 2.75) is 70.9 Å². The maximum Gasteiger partial charge on any atom is 0.0124 e. The third-order valence-electron chi connectivity index (χ3n) is 5.50. The number of likely N-dealkylation sites (N-methyl/N-ethyl adjacent to an activating group) is 1. The number of nitrogens with one attached hydrogen (secondary N) is 1. The van der Waals surface area contributed by atoms with Crippen LogP contribution in [0.25, 0.3) is 0 Å². The van der Waals surface area contributed by atoms with E-state index in [1.165, 1.54) is 58.0 Å². The SMILES string of the molecule is CCC(C)N(C)CCNC(C1CCC1)C1CCC1. The molecular formula is C16H32N2. The molecule has 0 aliphatic heterocycles. The Kier molecular flexibility index (Phi) is 5.50. The van der Waals surface area contributed by atoms with Crippen LogP contribution in [0.5, 0.6) is 0 Å². The number of hydrogen-bond donors (Lipinski definition) is 1. The van der Waals surface area contributed by atoms with Gasteiger partial charge in [-0.15, -0.1) is 0 Å². The van der Waals surface area contributed by atoms with E-state index in [2.05, 4.69) is 31.1 Å². The fraction of sp³-hybridized carbons (Fsp3) is 1.00. The summed E-state index contributed by atoms with van der Waals surface area (Å²) in [4.78, 5) is 2.49. The fourth-order valence-electron chi connectivity index (χ4n) is 3.26. The maximum atomic E-state index is 3.89. The summed E-state index contributed by atoms with van der Waals surface area (Å²) in [5, 5.41) is 3.89. The van der Waals surface area contributed by atoms with Gasteiger partial charge in [-0.3, -0.25) is 0 Å². The number of hydrogen-bond acceptors (Lipinski definition) is 2. The van der Waals surface area contributed by atoms with E-state index in [1.54, 1.807) is 0 Å². The van der Waals surface area contributed by atoms with Crippen molar-refractivity contribution in [3.05, 3.63) is 0 Å². The Balaban J connectivity index is 1.68. The van der Waals surface area contributed by atoms with Crippen LogP contribution >= 0.6 is 0 Å². The highest BCUT2D eigenvalue weighted by atomic mass is 15.1. The average Bonchev–Trinajstić information content (AvgIpc) is 2.22. The van der Waals surface area contributed by atoms with E-state index in [-0.39, 0.29) is 0 Å². The number of rotatable bonds is 8. The summed E-state index contributed by atoms with van der Waals surface area (Å²) in [5.41, 5.74) is 0. The van der Waals surface area contributed by atoms with Crippen LogP contribution < -0.4 is 5.32 Å². The van der Waals surface area contributed by atoms with E-state index in [0.717, 1.165) is 23.9 Å². The van der Waals surface area contributed by atoms with Gasteiger partial charge in [0, 0.05) is 25.2 Å². The van der Waals surface area contributed by atoms with Crippen molar-refractivity contribution in [3.63, 3.8) is 0 Å². The lowest BCUT2D eigenvalue weighted by molar-refractivity contribution is 0.119. The molecule has 0 aromatic heterocycles. The molecule has 2 rings (SSSR count). The molecule has 2 aliphatic carbocycles. The van der Waals surface area contributed by atoms with E-state index >= 15 is 0 Å². The van der Waals surface area contributed by atoms with Gasteiger partial charge in [-0.05, 0) is 57.9 Å². The minimum Gasteiger partial charge on any atom is -0.312 e. The van der Waals surface area contributed by atoms with Crippen LogP contribution in [0.15, 0.2) is 0 Å². The van der Waals surface area contributed by atoms with E-state index in [1.807, 2.05) is 0 Å². The molecule has 0 aromatic rings. The van der Waals surface area contributed by atoms with Crippen LogP contribution in [-0.4, -0.2) is 37.1 Å². The molecule has 106 valence electrons. The minimum atomic E-state index is 0.720.